The van der Waals surface area contributed by atoms with Gasteiger partial charge in [0.1, 0.15) is 0 Å². The second-order valence-corrected chi connectivity index (χ2v) is 15.5. The molecule has 280 valence electrons. The fourth-order valence-electron chi connectivity index (χ4n) is 9.12. The number of hydrogen-bond donors (Lipinski definition) is 0. The van der Waals surface area contributed by atoms with Crippen molar-refractivity contribution in [3.63, 3.8) is 0 Å². The third-order valence-corrected chi connectivity index (χ3v) is 11.8. The highest BCUT2D eigenvalue weighted by Crippen LogP contribution is 2.50. The molecular formula is C56H41N3. The summed E-state index contributed by atoms with van der Waals surface area (Å²) in [5.41, 5.74) is 12.6. The Morgan fingerprint density at radius 1 is 0.322 bits per heavy atom. The summed E-state index contributed by atoms with van der Waals surface area (Å²) in [4.78, 5) is 4.84. The SMILES string of the molecule is Cc1ccc(N(c2ccccc2)c2cc3c(c4ccccc24)c2c4ccccc4c(N(c4ccccc4)c4ccc(C)cc4)cc2n3-c2cccc3ccccc23)cc1. The number of nitrogens with zero attached hydrogens (tertiary/aromatic N) is 3. The Bertz CT molecular complexity index is 3140. The van der Waals surface area contributed by atoms with Crippen LogP contribution in [0.1, 0.15) is 11.1 Å². The van der Waals surface area contributed by atoms with E-state index in [1.165, 1.54) is 54.2 Å². The summed E-state index contributed by atoms with van der Waals surface area (Å²) in [5, 5.41) is 9.72. The van der Waals surface area contributed by atoms with Crippen LogP contribution in [0.15, 0.2) is 212 Å². The van der Waals surface area contributed by atoms with Crippen LogP contribution in [0.25, 0.3) is 59.8 Å². The summed E-state index contributed by atoms with van der Waals surface area (Å²) in [6.07, 6.45) is 0. The number of benzene rings is 10. The number of fused-ring (bicyclic) bond motifs is 8. The van der Waals surface area contributed by atoms with Crippen molar-refractivity contribution < 1.29 is 0 Å². The number of rotatable bonds is 7. The molecule has 1 heterocycles. The van der Waals surface area contributed by atoms with Crippen LogP contribution in [-0.2, 0) is 0 Å². The zero-order chi connectivity index (χ0) is 39.5. The topological polar surface area (TPSA) is 11.4 Å². The van der Waals surface area contributed by atoms with E-state index < -0.39 is 0 Å². The minimum atomic E-state index is 1.11. The van der Waals surface area contributed by atoms with Crippen molar-refractivity contribution in [1.82, 2.24) is 4.57 Å². The number of para-hydroxylation sites is 2. The van der Waals surface area contributed by atoms with Gasteiger partial charge in [-0.05, 0) is 96.7 Å². The van der Waals surface area contributed by atoms with Crippen LogP contribution in [0.2, 0.25) is 0 Å². The molecule has 0 amide bonds. The lowest BCUT2D eigenvalue weighted by molar-refractivity contribution is 1.19. The molecule has 10 aromatic carbocycles. The van der Waals surface area contributed by atoms with E-state index in [1.807, 2.05) is 0 Å². The van der Waals surface area contributed by atoms with Crippen LogP contribution in [0.5, 0.6) is 0 Å². The highest BCUT2D eigenvalue weighted by molar-refractivity contribution is 6.32. The Morgan fingerprint density at radius 3 is 1.17 bits per heavy atom. The van der Waals surface area contributed by atoms with E-state index in [0.717, 1.165) is 50.8 Å². The van der Waals surface area contributed by atoms with Crippen molar-refractivity contribution in [3.8, 4) is 5.69 Å². The standard InChI is InChI=1S/C56H41N3/c1-38-28-32-43(33-29-38)57(41-18-5-3-6-19-41)51-36-53-55(48-25-13-11-23-46(48)51)56-49-26-14-12-24-47(49)52(58(42-20-7-4-8-21-42)44-34-30-39(2)31-35-44)37-54(56)59(53)50-27-15-17-40-16-9-10-22-45(40)50/h3-37H,1-2H3. The Kier molecular flexibility index (Phi) is 8.27. The van der Waals surface area contributed by atoms with Gasteiger partial charge in [0.25, 0.3) is 0 Å². The highest BCUT2D eigenvalue weighted by atomic mass is 15.2. The molecule has 0 bridgehead atoms. The second-order valence-electron chi connectivity index (χ2n) is 15.5. The van der Waals surface area contributed by atoms with Crippen molar-refractivity contribution >= 4 is 88.2 Å². The van der Waals surface area contributed by atoms with E-state index >= 15 is 0 Å². The quantitative estimate of drug-likeness (QED) is 0.160. The minimum absolute atomic E-state index is 1.11. The highest BCUT2D eigenvalue weighted by Gasteiger charge is 2.26. The van der Waals surface area contributed by atoms with Gasteiger partial charge in [-0.2, -0.15) is 0 Å². The van der Waals surface area contributed by atoms with Crippen LogP contribution in [0.3, 0.4) is 0 Å². The molecule has 0 unspecified atom stereocenters. The first kappa shape index (κ1) is 34.6. The van der Waals surface area contributed by atoms with E-state index in [1.54, 1.807) is 0 Å². The summed E-state index contributed by atoms with van der Waals surface area (Å²) in [7, 11) is 0. The average Bonchev–Trinajstić information content (AvgIpc) is 3.62. The number of hydrogen-bond acceptors (Lipinski definition) is 2. The maximum atomic E-state index is 2.54. The molecule has 0 N–H and O–H groups in total. The average molecular weight is 756 g/mol. The summed E-state index contributed by atoms with van der Waals surface area (Å²) in [6, 6.07) is 77.6. The predicted molar refractivity (Wildman–Crippen MR) is 252 cm³/mol. The summed E-state index contributed by atoms with van der Waals surface area (Å²) >= 11 is 0. The first-order valence-corrected chi connectivity index (χ1v) is 20.4. The van der Waals surface area contributed by atoms with Crippen LogP contribution < -0.4 is 9.80 Å². The molecular weight excluding hydrogens is 715 g/mol. The molecule has 0 atom stereocenters. The van der Waals surface area contributed by atoms with Gasteiger partial charge in [0.15, 0.2) is 0 Å². The van der Waals surface area contributed by atoms with Gasteiger partial charge in [0.05, 0.1) is 28.1 Å². The van der Waals surface area contributed by atoms with E-state index in [2.05, 4.69) is 241 Å². The molecule has 0 saturated heterocycles. The lowest BCUT2D eigenvalue weighted by Crippen LogP contribution is -2.11. The van der Waals surface area contributed by atoms with Crippen LogP contribution in [0.4, 0.5) is 34.1 Å². The maximum Gasteiger partial charge on any atom is 0.0568 e. The van der Waals surface area contributed by atoms with Crippen LogP contribution >= 0.6 is 0 Å². The van der Waals surface area contributed by atoms with Crippen molar-refractivity contribution in [1.29, 1.82) is 0 Å². The molecule has 0 aliphatic rings. The zero-order valence-electron chi connectivity index (χ0n) is 33.0. The van der Waals surface area contributed by atoms with Crippen molar-refractivity contribution in [2.24, 2.45) is 0 Å². The molecule has 59 heavy (non-hydrogen) atoms. The number of anilines is 6. The molecule has 11 rings (SSSR count). The third-order valence-electron chi connectivity index (χ3n) is 11.8. The smallest absolute Gasteiger partial charge is 0.0568 e. The fraction of sp³-hybridized carbons (Fsp3) is 0.0357. The minimum Gasteiger partial charge on any atom is -0.310 e. The summed E-state index contributed by atoms with van der Waals surface area (Å²) < 4.78 is 2.54. The predicted octanol–water partition coefficient (Wildman–Crippen LogP) is 15.8. The Hall–Kier alpha value is -7.62. The molecule has 0 aliphatic carbocycles. The van der Waals surface area contributed by atoms with Gasteiger partial charge in [-0.15, -0.1) is 0 Å². The van der Waals surface area contributed by atoms with Gasteiger partial charge < -0.3 is 14.4 Å². The van der Waals surface area contributed by atoms with Gasteiger partial charge in [0, 0.05) is 49.7 Å². The molecule has 0 aliphatic heterocycles. The lowest BCUT2D eigenvalue weighted by atomic mass is 9.96. The van der Waals surface area contributed by atoms with Gasteiger partial charge >= 0.3 is 0 Å². The fourth-order valence-corrected chi connectivity index (χ4v) is 9.12. The van der Waals surface area contributed by atoms with E-state index in [0.29, 0.717) is 0 Å². The Balaban J connectivity index is 1.34. The third kappa shape index (κ3) is 5.74. The molecule has 0 radical (unpaired) electrons. The number of aryl methyl sites for hydroxylation is 2. The number of aromatic nitrogens is 1. The van der Waals surface area contributed by atoms with E-state index in [9.17, 15) is 0 Å². The van der Waals surface area contributed by atoms with Gasteiger partial charge in [0.2, 0.25) is 0 Å². The monoisotopic (exact) mass is 755 g/mol. The van der Waals surface area contributed by atoms with Gasteiger partial charge in [-0.3, -0.25) is 0 Å². The van der Waals surface area contributed by atoms with Crippen molar-refractivity contribution in [3.05, 3.63) is 223 Å². The molecule has 3 heteroatoms. The first-order valence-electron chi connectivity index (χ1n) is 20.4. The molecule has 0 spiro atoms. The Morgan fingerprint density at radius 2 is 0.695 bits per heavy atom. The second kappa shape index (κ2) is 14.1. The summed E-state index contributed by atoms with van der Waals surface area (Å²) in [5.74, 6) is 0. The van der Waals surface area contributed by atoms with Gasteiger partial charge in [-0.25, -0.2) is 0 Å². The maximum absolute atomic E-state index is 2.54. The molecule has 1 aromatic heterocycles. The van der Waals surface area contributed by atoms with Crippen LogP contribution in [0, 0.1) is 13.8 Å². The van der Waals surface area contributed by atoms with E-state index in [-0.39, 0.29) is 0 Å². The molecule has 0 saturated carbocycles. The van der Waals surface area contributed by atoms with Gasteiger partial charge in [-0.1, -0.05) is 157 Å². The molecule has 3 nitrogen and oxygen atoms in total. The Labute approximate surface area is 344 Å². The largest absolute Gasteiger partial charge is 0.310 e. The van der Waals surface area contributed by atoms with Crippen molar-refractivity contribution in [2.45, 2.75) is 13.8 Å². The molecule has 11 aromatic rings. The molecule has 0 fully saturated rings. The van der Waals surface area contributed by atoms with Crippen molar-refractivity contribution in [2.75, 3.05) is 9.80 Å². The lowest BCUT2D eigenvalue weighted by Gasteiger charge is -2.27. The van der Waals surface area contributed by atoms with Crippen LogP contribution in [-0.4, -0.2) is 4.57 Å². The normalized spacial score (nSPS) is 11.6. The van der Waals surface area contributed by atoms with E-state index in [4.69, 9.17) is 0 Å². The zero-order valence-corrected chi connectivity index (χ0v) is 33.0. The first-order chi connectivity index (χ1) is 29.1. The summed E-state index contributed by atoms with van der Waals surface area (Å²) in [6.45, 7) is 4.30.